The molecule has 4 N–H and O–H groups in total. The molecule has 5 heterocycles. The maximum absolute atomic E-state index is 14.4. The Morgan fingerprint density at radius 1 is 0.935 bits per heavy atom. The van der Waals surface area contributed by atoms with Gasteiger partial charge < -0.3 is 20.4 Å². The van der Waals surface area contributed by atoms with Gasteiger partial charge >= 0.3 is 5.69 Å². The van der Waals surface area contributed by atoms with E-state index in [9.17, 15) is 14.4 Å². The van der Waals surface area contributed by atoms with E-state index in [0.29, 0.717) is 50.6 Å². The number of fused-ring (bicyclic) bond motifs is 1. The topological polar surface area (TPSA) is 144 Å². The summed E-state index contributed by atoms with van der Waals surface area (Å²) >= 11 is 0. The number of carbonyl (C=O) groups excluding carboxylic acids is 2. The summed E-state index contributed by atoms with van der Waals surface area (Å²) < 4.78 is 1.54. The number of rotatable bonds is 8. The number of carbonyl (C=O) groups is 2. The van der Waals surface area contributed by atoms with Gasteiger partial charge in [0.15, 0.2) is 5.82 Å². The summed E-state index contributed by atoms with van der Waals surface area (Å²) in [5, 5.41) is 19.7. The second-order valence-electron chi connectivity index (χ2n) is 13.0. The SMILES string of the molecule is O=C(CC(Cc1ccc2[nH]ncc2c1)C(=O)N1CCNCC1C1CCNCC1)N1CCC(n2nc(-c3ccccc3)[nH]c2=O)CC1. The van der Waals surface area contributed by atoms with Crippen molar-refractivity contribution in [3.63, 3.8) is 0 Å². The molecule has 3 aliphatic heterocycles. The molecule has 242 valence electrons. The molecule has 2 unspecified atom stereocenters. The minimum Gasteiger partial charge on any atom is -0.343 e. The number of aromatic amines is 2. The Kier molecular flexibility index (Phi) is 8.98. The zero-order valence-corrected chi connectivity index (χ0v) is 26.2. The second kappa shape index (κ2) is 13.6. The maximum atomic E-state index is 14.4. The largest absolute Gasteiger partial charge is 0.343 e. The molecule has 2 amide bonds. The normalized spacial score (nSPS) is 20.7. The van der Waals surface area contributed by atoms with Crippen LogP contribution in [0, 0.1) is 11.8 Å². The van der Waals surface area contributed by atoms with Crippen molar-refractivity contribution in [2.75, 3.05) is 45.8 Å². The zero-order valence-electron chi connectivity index (χ0n) is 26.2. The Labute approximate surface area is 267 Å². The van der Waals surface area contributed by atoms with Gasteiger partial charge in [-0.05, 0) is 68.8 Å². The predicted octanol–water partition coefficient (Wildman–Crippen LogP) is 2.33. The van der Waals surface area contributed by atoms with Gasteiger partial charge in [-0.15, -0.1) is 5.10 Å². The summed E-state index contributed by atoms with van der Waals surface area (Å²) in [5.74, 6) is 0.615. The molecule has 0 radical (unpaired) electrons. The molecule has 12 heteroatoms. The molecule has 3 fully saturated rings. The number of benzene rings is 2. The highest BCUT2D eigenvalue weighted by Crippen LogP contribution is 2.28. The maximum Gasteiger partial charge on any atom is 0.343 e. The van der Waals surface area contributed by atoms with E-state index in [1.807, 2.05) is 47.4 Å². The molecular weight excluding hydrogens is 582 g/mol. The number of hydrogen-bond acceptors (Lipinski definition) is 7. The van der Waals surface area contributed by atoms with Crippen LogP contribution < -0.4 is 16.3 Å². The highest BCUT2D eigenvalue weighted by Gasteiger charge is 2.38. The fourth-order valence-corrected chi connectivity index (χ4v) is 7.54. The average molecular weight is 626 g/mol. The number of amides is 2. The van der Waals surface area contributed by atoms with Crippen LogP contribution in [0.4, 0.5) is 0 Å². The summed E-state index contributed by atoms with van der Waals surface area (Å²) in [6, 6.07) is 15.8. The van der Waals surface area contributed by atoms with Crippen molar-refractivity contribution < 1.29 is 9.59 Å². The molecule has 2 aromatic heterocycles. The van der Waals surface area contributed by atoms with Crippen LogP contribution in [0.3, 0.4) is 0 Å². The lowest BCUT2D eigenvalue weighted by atomic mass is 9.86. The molecule has 7 rings (SSSR count). The highest BCUT2D eigenvalue weighted by molar-refractivity contribution is 5.87. The smallest absolute Gasteiger partial charge is 0.343 e. The highest BCUT2D eigenvalue weighted by atomic mass is 16.2. The molecule has 3 saturated heterocycles. The molecule has 0 bridgehead atoms. The molecule has 2 aromatic carbocycles. The van der Waals surface area contributed by atoms with Crippen molar-refractivity contribution in [1.82, 2.24) is 45.4 Å². The molecule has 0 spiro atoms. The van der Waals surface area contributed by atoms with Gasteiger partial charge in [0.25, 0.3) is 0 Å². The number of likely N-dealkylation sites (tertiary alicyclic amines) is 1. The fourth-order valence-electron chi connectivity index (χ4n) is 7.54. The number of nitrogens with one attached hydrogen (secondary N) is 4. The molecule has 4 aromatic rings. The van der Waals surface area contributed by atoms with Crippen molar-refractivity contribution in [1.29, 1.82) is 0 Å². The predicted molar refractivity (Wildman–Crippen MR) is 175 cm³/mol. The number of piperazine rings is 1. The number of aromatic nitrogens is 5. The first kappa shape index (κ1) is 30.4. The van der Waals surface area contributed by atoms with E-state index in [4.69, 9.17) is 0 Å². The molecular formula is C34H43N9O3. The van der Waals surface area contributed by atoms with Crippen LogP contribution in [0.25, 0.3) is 22.3 Å². The van der Waals surface area contributed by atoms with E-state index < -0.39 is 5.92 Å². The van der Waals surface area contributed by atoms with Crippen LogP contribution in [-0.2, 0) is 16.0 Å². The van der Waals surface area contributed by atoms with E-state index in [2.05, 4.69) is 41.9 Å². The van der Waals surface area contributed by atoms with Gasteiger partial charge in [-0.1, -0.05) is 36.4 Å². The molecule has 46 heavy (non-hydrogen) atoms. The minimum atomic E-state index is -0.459. The summed E-state index contributed by atoms with van der Waals surface area (Å²) in [4.78, 5) is 47.9. The first-order valence-corrected chi connectivity index (χ1v) is 16.7. The van der Waals surface area contributed by atoms with Crippen LogP contribution in [0.5, 0.6) is 0 Å². The van der Waals surface area contributed by atoms with Crippen LogP contribution in [0.1, 0.15) is 43.7 Å². The Bertz CT molecular complexity index is 1700. The summed E-state index contributed by atoms with van der Waals surface area (Å²) in [6.45, 7) is 5.22. The lowest BCUT2D eigenvalue weighted by Gasteiger charge is -2.43. The number of piperidine rings is 2. The minimum absolute atomic E-state index is 0.00547. The Morgan fingerprint density at radius 2 is 1.74 bits per heavy atom. The number of H-pyrrole nitrogens is 2. The first-order valence-electron chi connectivity index (χ1n) is 16.7. The van der Waals surface area contributed by atoms with Crippen molar-refractivity contribution in [3.05, 3.63) is 70.8 Å². The Balaban J connectivity index is 1.06. The van der Waals surface area contributed by atoms with Gasteiger partial charge in [-0.2, -0.15) is 5.10 Å². The van der Waals surface area contributed by atoms with E-state index in [-0.39, 0.29) is 36.0 Å². The second-order valence-corrected chi connectivity index (χ2v) is 13.0. The quantitative estimate of drug-likeness (QED) is 0.235. The van der Waals surface area contributed by atoms with Crippen molar-refractivity contribution in [3.8, 4) is 11.4 Å². The lowest BCUT2D eigenvalue weighted by Crippen LogP contribution is -2.59. The third kappa shape index (κ3) is 6.50. The van der Waals surface area contributed by atoms with Gasteiger partial charge in [0.2, 0.25) is 11.8 Å². The zero-order chi connectivity index (χ0) is 31.5. The fraction of sp³-hybridized carbons (Fsp3) is 0.500. The summed E-state index contributed by atoms with van der Waals surface area (Å²) in [6.07, 6.45) is 5.83. The third-order valence-corrected chi connectivity index (χ3v) is 10.1. The molecule has 0 saturated carbocycles. The van der Waals surface area contributed by atoms with Crippen molar-refractivity contribution >= 4 is 22.7 Å². The monoisotopic (exact) mass is 625 g/mol. The summed E-state index contributed by atoms with van der Waals surface area (Å²) in [7, 11) is 0. The number of hydrogen-bond donors (Lipinski definition) is 4. The number of nitrogens with zero attached hydrogens (tertiary/aromatic N) is 5. The van der Waals surface area contributed by atoms with Crippen LogP contribution >= 0.6 is 0 Å². The van der Waals surface area contributed by atoms with Crippen molar-refractivity contribution in [2.24, 2.45) is 11.8 Å². The van der Waals surface area contributed by atoms with Gasteiger partial charge in [0.1, 0.15) is 0 Å². The van der Waals surface area contributed by atoms with Gasteiger partial charge in [-0.3, -0.25) is 19.7 Å². The van der Waals surface area contributed by atoms with Crippen LogP contribution in [0.2, 0.25) is 0 Å². The van der Waals surface area contributed by atoms with E-state index in [1.165, 1.54) is 4.68 Å². The first-order chi connectivity index (χ1) is 22.5. The van der Waals surface area contributed by atoms with E-state index in [0.717, 1.165) is 61.1 Å². The average Bonchev–Trinajstić information content (AvgIpc) is 3.74. The Hall–Kier alpha value is -4.29. The van der Waals surface area contributed by atoms with Gasteiger partial charge in [-0.25, -0.2) is 9.48 Å². The molecule has 3 aliphatic rings. The standard InChI is InChI=1S/C34H43N9O3/c44-31(41-15-10-28(11-16-41)43-34(46)38-32(40-43)25-4-2-1-3-5-25)20-26(18-23-6-7-29-27(19-23)21-37-39-29)33(45)42-17-14-36-22-30(42)24-8-12-35-13-9-24/h1-7,19,21,24,26,28,30,35-36H,8-18,20,22H2,(H,37,39)(H,38,40,46). The van der Waals surface area contributed by atoms with Crippen molar-refractivity contribution in [2.45, 2.75) is 50.6 Å². The van der Waals surface area contributed by atoms with E-state index in [1.54, 1.807) is 6.20 Å². The molecule has 12 nitrogen and oxygen atoms in total. The molecule has 2 atom stereocenters. The molecule has 0 aliphatic carbocycles. The summed E-state index contributed by atoms with van der Waals surface area (Å²) in [5.41, 5.74) is 2.61. The van der Waals surface area contributed by atoms with Crippen LogP contribution in [-0.4, -0.2) is 98.4 Å². The van der Waals surface area contributed by atoms with Crippen LogP contribution in [0.15, 0.2) is 59.5 Å². The lowest BCUT2D eigenvalue weighted by molar-refractivity contribution is -0.145. The van der Waals surface area contributed by atoms with E-state index >= 15 is 0 Å². The van der Waals surface area contributed by atoms with Gasteiger partial charge in [0.05, 0.1) is 23.7 Å². The Morgan fingerprint density at radius 3 is 2.54 bits per heavy atom. The third-order valence-electron chi connectivity index (χ3n) is 10.1. The van der Waals surface area contributed by atoms with Gasteiger partial charge in [0, 0.05) is 56.1 Å².